The standard InChI is InChI=1S/C17H14N2O4S/c20-19(21)15-8-10-16(11-9-15)24(22,23)18-12-14-6-3-5-13-4-1-2-7-17(13)14/h1-11,18H,12H2. The van der Waals surface area contributed by atoms with E-state index in [0.717, 1.165) is 16.3 Å². The Morgan fingerprint density at radius 1 is 0.917 bits per heavy atom. The molecule has 3 aromatic rings. The lowest BCUT2D eigenvalue weighted by molar-refractivity contribution is -0.384. The SMILES string of the molecule is O=[N+]([O-])c1ccc(S(=O)(=O)NCc2cccc3ccccc23)cc1. The third-order valence-electron chi connectivity index (χ3n) is 3.69. The molecule has 0 radical (unpaired) electrons. The van der Waals surface area contributed by atoms with Crippen LogP contribution in [0.5, 0.6) is 0 Å². The molecule has 0 atom stereocenters. The van der Waals surface area contributed by atoms with Gasteiger partial charge in [-0.05, 0) is 28.5 Å². The summed E-state index contributed by atoms with van der Waals surface area (Å²) >= 11 is 0. The number of hydrogen-bond donors (Lipinski definition) is 1. The molecule has 24 heavy (non-hydrogen) atoms. The number of sulfonamides is 1. The molecule has 0 aliphatic carbocycles. The molecular formula is C17H14N2O4S. The normalized spacial score (nSPS) is 11.5. The van der Waals surface area contributed by atoms with Gasteiger partial charge in [0.1, 0.15) is 0 Å². The van der Waals surface area contributed by atoms with Crippen LogP contribution in [-0.4, -0.2) is 13.3 Å². The number of benzene rings is 3. The summed E-state index contributed by atoms with van der Waals surface area (Å²) in [5, 5.41) is 12.6. The first kappa shape index (κ1) is 16.1. The van der Waals surface area contributed by atoms with Gasteiger partial charge in [0.15, 0.2) is 0 Å². The topological polar surface area (TPSA) is 89.3 Å². The summed E-state index contributed by atoms with van der Waals surface area (Å²) in [7, 11) is -3.74. The Hall–Kier alpha value is -2.77. The highest BCUT2D eigenvalue weighted by molar-refractivity contribution is 7.89. The number of nitrogens with one attached hydrogen (secondary N) is 1. The van der Waals surface area contributed by atoms with Gasteiger partial charge in [-0.15, -0.1) is 0 Å². The molecule has 1 N–H and O–H groups in total. The van der Waals surface area contributed by atoms with E-state index in [1.54, 1.807) is 0 Å². The first-order valence-electron chi connectivity index (χ1n) is 7.18. The van der Waals surface area contributed by atoms with E-state index in [0.29, 0.717) is 0 Å². The van der Waals surface area contributed by atoms with E-state index >= 15 is 0 Å². The van der Waals surface area contributed by atoms with Crippen molar-refractivity contribution in [2.24, 2.45) is 0 Å². The van der Waals surface area contributed by atoms with E-state index in [9.17, 15) is 18.5 Å². The van der Waals surface area contributed by atoms with Gasteiger partial charge in [-0.25, -0.2) is 13.1 Å². The molecule has 0 saturated carbocycles. The molecule has 0 spiro atoms. The minimum absolute atomic E-state index is 0.00617. The summed E-state index contributed by atoms with van der Waals surface area (Å²) in [5.41, 5.74) is 0.710. The van der Waals surface area contributed by atoms with Crippen molar-refractivity contribution >= 4 is 26.5 Å². The van der Waals surface area contributed by atoms with Crippen molar-refractivity contribution in [3.8, 4) is 0 Å². The van der Waals surface area contributed by atoms with E-state index in [4.69, 9.17) is 0 Å². The summed E-state index contributed by atoms with van der Waals surface area (Å²) in [5.74, 6) is 0. The van der Waals surface area contributed by atoms with Gasteiger partial charge in [0.25, 0.3) is 5.69 Å². The maximum Gasteiger partial charge on any atom is 0.269 e. The zero-order valence-electron chi connectivity index (χ0n) is 12.5. The van der Waals surface area contributed by atoms with Crippen LogP contribution in [0.3, 0.4) is 0 Å². The Bertz CT molecular complexity index is 993. The molecular weight excluding hydrogens is 328 g/mol. The molecule has 0 aliphatic rings. The molecule has 0 aliphatic heterocycles. The number of fused-ring (bicyclic) bond motifs is 1. The van der Waals surface area contributed by atoms with Crippen molar-refractivity contribution in [3.63, 3.8) is 0 Å². The second-order valence-electron chi connectivity index (χ2n) is 5.21. The highest BCUT2D eigenvalue weighted by Crippen LogP contribution is 2.20. The maximum atomic E-state index is 12.3. The van der Waals surface area contributed by atoms with E-state index in [1.165, 1.54) is 24.3 Å². The number of rotatable bonds is 5. The quantitative estimate of drug-likeness (QED) is 0.569. The van der Waals surface area contributed by atoms with Crippen LogP contribution in [-0.2, 0) is 16.6 Å². The molecule has 0 fully saturated rings. The summed E-state index contributed by atoms with van der Waals surface area (Å²) in [6.45, 7) is 0.140. The molecule has 122 valence electrons. The summed E-state index contributed by atoms with van der Waals surface area (Å²) in [4.78, 5) is 10.1. The van der Waals surface area contributed by atoms with Gasteiger partial charge in [0.05, 0.1) is 9.82 Å². The molecule has 0 heterocycles. The van der Waals surface area contributed by atoms with Gasteiger partial charge in [0.2, 0.25) is 10.0 Å². The predicted octanol–water partition coefficient (Wildman–Crippen LogP) is 3.23. The summed E-state index contributed by atoms with van der Waals surface area (Å²) < 4.78 is 27.2. The zero-order valence-corrected chi connectivity index (χ0v) is 13.4. The minimum Gasteiger partial charge on any atom is -0.258 e. The van der Waals surface area contributed by atoms with Crippen LogP contribution in [0, 0.1) is 10.1 Å². The number of non-ortho nitro benzene ring substituents is 1. The predicted molar refractivity (Wildman–Crippen MR) is 91.1 cm³/mol. The fourth-order valence-electron chi connectivity index (χ4n) is 2.45. The van der Waals surface area contributed by atoms with Gasteiger partial charge in [-0.1, -0.05) is 42.5 Å². The second kappa shape index (κ2) is 6.38. The summed E-state index contributed by atoms with van der Waals surface area (Å²) in [6, 6.07) is 18.2. The average molecular weight is 342 g/mol. The van der Waals surface area contributed by atoms with Gasteiger partial charge < -0.3 is 0 Å². The van der Waals surface area contributed by atoms with Gasteiger partial charge >= 0.3 is 0 Å². The highest BCUT2D eigenvalue weighted by Gasteiger charge is 2.16. The van der Waals surface area contributed by atoms with Crippen molar-refractivity contribution in [3.05, 3.63) is 82.4 Å². The lowest BCUT2D eigenvalue weighted by Gasteiger charge is -2.09. The third-order valence-corrected chi connectivity index (χ3v) is 5.11. The minimum atomic E-state index is -3.74. The Kier molecular flexibility index (Phi) is 4.28. The Morgan fingerprint density at radius 3 is 2.29 bits per heavy atom. The third kappa shape index (κ3) is 3.27. The largest absolute Gasteiger partial charge is 0.269 e. The molecule has 0 saturated heterocycles. The van der Waals surface area contributed by atoms with Gasteiger partial charge in [0, 0.05) is 18.7 Å². The van der Waals surface area contributed by atoms with E-state index in [1.807, 2.05) is 42.5 Å². The van der Waals surface area contributed by atoms with E-state index in [2.05, 4.69) is 4.72 Å². The molecule has 0 bridgehead atoms. The molecule has 3 aromatic carbocycles. The Morgan fingerprint density at radius 2 is 1.58 bits per heavy atom. The first-order valence-corrected chi connectivity index (χ1v) is 8.66. The van der Waals surface area contributed by atoms with Gasteiger partial charge in [-0.2, -0.15) is 0 Å². The first-order chi connectivity index (χ1) is 11.5. The monoisotopic (exact) mass is 342 g/mol. The van der Waals surface area contributed by atoms with Crippen LogP contribution in [0.4, 0.5) is 5.69 Å². The Labute approximate surface area is 138 Å². The van der Waals surface area contributed by atoms with E-state index in [-0.39, 0.29) is 17.1 Å². The van der Waals surface area contributed by atoms with Crippen LogP contribution in [0.15, 0.2) is 71.6 Å². The number of nitrogens with zero attached hydrogens (tertiary/aromatic N) is 1. The average Bonchev–Trinajstić information content (AvgIpc) is 2.60. The lowest BCUT2D eigenvalue weighted by atomic mass is 10.1. The smallest absolute Gasteiger partial charge is 0.258 e. The van der Waals surface area contributed by atoms with Crippen LogP contribution < -0.4 is 4.72 Å². The van der Waals surface area contributed by atoms with E-state index < -0.39 is 14.9 Å². The summed E-state index contributed by atoms with van der Waals surface area (Å²) in [6.07, 6.45) is 0. The molecule has 3 rings (SSSR count). The number of hydrogen-bond acceptors (Lipinski definition) is 4. The van der Waals surface area contributed by atoms with Crippen molar-refractivity contribution in [2.45, 2.75) is 11.4 Å². The van der Waals surface area contributed by atoms with Crippen LogP contribution in [0.1, 0.15) is 5.56 Å². The lowest BCUT2D eigenvalue weighted by Crippen LogP contribution is -2.23. The molecule has 0 aromatic heterocycles. The molecule has 7 heteroatoms. The second-order valence-corrected chi connectivity index (χ2v) is 6.98. The Balaban J connectivity index is 1.83. The fraction of sp³-hybridized carbons (Fsp3) is 0.0588. The van der Waals surface area contributed by atoms with Crippen LogP contribution in [0.2, 0.25) is 0 Å². The van der Waals surface area contributed by atoms with Crippen LogP contribution >= 0.6 is 0 Å². The molecule has 6 nitrogen and oxygen atoms in total. The van der Waals surface area contributed by atoms with Gasteiger partial charge in [-0.3, -0.25) is 10.1 Å². The molecule has 0 amide bonds. The molecule has 0 unspecified atom stereocenters. The van der Waals surface area contributed by atoms with Crippen molar-refractivity contribution < 1.29 is 13.3 Å². The van der Waals surface area contributed by atoms with Crippen molar-refractivity contribution in [1.29, 1.82) is 0 Å². The zero-order chi connectivity index (χ0) is 17.2. The number of nitro groups is 1. The van der Waals surface area contributed by atoms with Crippen LogP contribution in [0.25, 0.3) is 10.8 Å². The van der Waals surface area contributed by atoms with Crippen molar-refractivity contribution in [2.75, 3.05) is 0 Å². The highest BCUT2D eigenvalue weighted by atomic mass is 32.2. The maximum absolute atomic E-state index is 12.3. The fourth-order valence-corrected chi connectivity index (χ4v) is 3.46. The van der Waals surface area contributed by atoms with Crippen molar-refractivity contribution in [1.82, 2.24) is 4.72 Å². The number of nitro benzene ring substituents is 1.